The molecule has 0 aliphatic carbocycles. The number of benzene rings is 3. The summed E-state index contributed by atoms with van der Waals surface area (Å²) in [5.74, 6) is 0.0170. The molecule has 5 aromatic rings. The van der Waals surface area contributed by atoms with E-state index in [0.29, 0.717) is 48.2 Å². The number of carbonyl (C=O) groups is 1. The van der Waals surface area contributed by atoms with E-state index >= 15 is 0 Å². The lowest BCUT2D eigenvalue weighted by molar-refractivity contribution is -0.113. The SMILES string of the molecule is O=C1/C(=c2\sc3nc(-c4ccc(Cl)cc4Cl)nn3c2=O)c2cc(Br)ccc2N1Cc1ccccc1Cl. The summed E-state index contributed by atoms with van der Waals surface area (Å²) in [4.78, 5) is 33.7. The van der Waals surface area contributed by atoms with Crippen LogP contribution >= 0.6 is 62.1 Å². The minimum absolute atomic E-state index is 0.268. The lowest BCUT2D eigenvalue weighted by atomic mass is 10.1. The number of fused-ring (bicyclic) bond motifs is 2. The van der Waals surface area contributed by atoms with Gasteiger partial charge in [-0.1, -0.05) is 80.3 Å². The molecule has 0 radical (unpaired) electrons. The number of thiazole rings is 1. The molecule has 1 amide bonds. The Bertz CT molecular complexity index is 1840. The number of anilines is 1. The second-order valence-corrected chi connectivity index (χ2v) is 11.2. The zero-order valence-electron chi connectivity index (χ0n) is 18.0. The van der Waals surface area contributed by atoms with Gasteiger partial charge in [0.2, 0.25) is 4.96 Å². The zero-order valence-corrected chi connectivity index (χ0v) is 22.7. The molecule has 11 heteroatoms. The van der Waals surface area contributed by atoms with Crippen LogP contribution in [0.25, 0.3) is 21.9 Å². The van der Waals surface area contributed by atoms with Crippen LogP contribution in [0.5, 0.6) is 0 Å². The van der Waals surface area contributed by atoms with Gasteiger partial charge in [-0.3, -0.25) is 9.59 Å². The van der Waals surface area contributed by atoms with E-state index < -0.39 is 5.56 Å². The summed E-state index contributed by atoms with van der Waals surface area (Å²) in [6.45, 7) is 0.269. The molecule has 1 aliphatic heterocycles. The average Bonchev–Trinajstić information content (AvgIpc) is 3.46. The van der Waals surface area contributed by atoms with Gasteiger partial charge in [0.1, 0.15) is 4.53 Å². The molecule has 3 aromatic carbocycles. The van der Waals surface area contributed by atoms with E-state index in [4.69, 9.17) is 34.8 Å². The summed E-state index contributed by atoms with van der Waals surface area (Å²) < 4.78 is 2.26. The smallest absolute Gasteiger partial charge is 0.291 e. The van der Waals surface area contributed by atoms with Crippen molar-refractivity contribution >= 4 is 84.2 Å². The van der Waals surface area contributed by atoms with Gasteiger partial charge in [-0.25, -0.2) is 0 Å². The number of aromatic nitrogens is 3. The van der Waals surface area contributed by atoms with Crippen LogP contribution in [-0.2, 0) is 11.3 Å². The molecule has 6 nitrogen and oxygen atoms in total. The minimum atomic E-state index is -0.423. The summed E-state index contributed by atoms with van der Waals surface area (Å²) in [5.41, 5.74) is 2.61. The van der Waals surface area contributed by atoms with Gasteiger partial charge in [0.05, 0.1) is 22.8 Å². The van der Waals surface area contributed by atoms with Crippen LogP contribution in [0.15, 0.2) is 69.9 Å². The number of amides is 1. The molecule has 0 saturated carbocycles. The third-order valence-corrected chi connectivity index (χ3v) is 8.26. The Morgan fingerprint density at radius 2 is 1.72 bits per heavy atom. The topological polar surface area (TPSA) is 67.6 Å². The highest BCUT2D eigenvalue weighted by Crippen LogP contribution is 2.39. The van der Waals surface area contributed by atoms with Crippen molar-refractivity contribution in [3.05, 3.63) is 106 Å². The van der Waals surface area contributed by atoms with Crippen LogP contribution in [0.4, 0.5) is 5.69 Å². The van der Waals surface area contributed by atoms with Gasteiger partial charge in [-0.15, -0.1) is 5.10 Å². The van der Waals surface area contributed by atoms with Crippen LogP contribution in [0, 0.1) is 0 Å². The highest BCUT2D eigenvalue weighted by molar-refractivity contribution is 9.10. The van der Waals surface area contributed by atoms with Crippen LogP contribution in [0.2, 0.25) is 15.1 Å². The van der Waals surface area contributed by atoms with Gasteiger partial charge in [0.15, 0.2) is 5.82 Å². The van der Waals surface area contributed by atoms with Gasteiger partial charge in [0.25, 0.3) is 11.5 Å². The summed E-state index contributed by atoms with van der Waals surface area (Å²) in [6, 6.07) is 17.9. The Hall–Kier alpha value is -2.75. The minimum Gasteiger partial charge on any atom is -0.303 e. The first-order chi connectivity index (χ1) is 17.3. The summed E-state index contributed by atoms with van der Waals surface area (Å²) in [5, 5.41) is 5.80. The Balaban J connectivity index is 1.52. The maximum atomic E-state index is 13.7. The molecule has 1 aliphatic rings. The highest BCUT2D eigenvalue weighted by Gasteiger charge is 2.35. The van der Waals surface area contributed by atoms with Crippen molar-refractivity contribution in [1.82, 2.24) is 14.6 Å². The maximum Gasteiger partial charge on any atom is 0.291 e. The average molecular weight is 619 g/mol. The van der Waals surface area contributed by atoms with Crippen molar-refractivity contribution in [2.45, 2.75) is 6.54 Å². The molecule has 0 atom stereocenters. The van der Waals surface area contributed by atoms with Gasteiger partial charge in [-0.2, -0.15) is 9.50 Å². The predicted octanol–water partition coefficient (Wildman–Crippen LogP) is 6.01. The van der Waals surface area contributed by atoms with Gasteiger partial charge >= 0.3 is 0 Å². The lowest BCUT2D eigenvalue weighted by Crippen LogP contribution is -2.32. The Kier molecular flexibility index (Phi) is 5.89. The Labute approximate surface area is 231 Å². The highest BCUT2D eigenvalue weighted by atomic mass is 79.9. The lowest BCUT2D eigenvalue weighted by Gasteiger charge is -2.18. The number of carbonyl (C=O) groups excluding carboxylic acids is 1. The van der Waals surface area contributed by atoms with Crippen molar-refractivity contribution < 1.29 is 4.79 Å². The predicted molar refractivity (Wildman–Crippen MR) is 147 cm³/mol. The molecule has 0 spiro atoms. The van der Waals surface area contributed by atoms with E-state index in [1.807, 2.05) is 36.4 Å². The Morgan fingerprint density at radius 3 is 2.47 bits per heavy atom. The van der Waals surface area contributed by atoms with Crippen LogP contribution in [-0.4, -0.2) is 20.5 Å². The van der Waals surface area contributed by atoms with Crippen LogP contribution in [0.1, 0.15) is 11.1 Å². The molecular weight excluding hydrogens is 607 g/mol. The van der Waals surface area contributed by atoms with E-state index in [0.717, 1.165) is 21.4 Å². The maximum absolute atomic E-state index is 13.7. The van der Waals surface area contributed by atoms with Crippen LogP contribution < -0.4 is 15.0 Å². The van der Waals surface area contributed by atoms with E-state index in [2.05, 4.69) is 26.0 Å². The number of nitrogens with zero attached hydrogens (tertiary/aromatic N) is 4. The fourth-order valence-electron chi connectivity index (χ4n) is 4.15. The quantitative estimate of drug-likeness (QED) is 0.249. The van der Waals surface area contributed by atoms with E-state index in [9.17, 15) is 9.59 Å². The van der Waals surface area contributed by atoms with Crippen molar-refractivity contribution in [1.29, 1.82) is 0 Å². The van der Waals surface area contributed by atoms with Crippen LogP contribution in [0.3, 0.4) is 0 Å². The van der Waals surface area contributed by atoms with Gasteiger partial charge in [-0.05, 0) is 48.0 Å². The molecule has 3 heterocycles. The van der Waals surface area contributed by atoms with E-state index in [1.165, 1.54) is 4.52 Å². The number of rotatable bonds is 3. The summed E-state index contributed by atoms with van der Waals surface area (Å²) in [6.07, 6.45) is 0. The number of hydrogen-bond acceptors (Lipinski definition) is 5. The molecule has 6 rings (SSSR count). The summed E-state index contributed by atoms with van der Waals surface area (Å²) >= 11 is 23.3. The standard InChI is InChI=1S/C25H12BrCl3N4O2S/c26-13-5-8-19-16(9-13)20(23(34)32(19)11-12-3-1-2-4-17(12)28)21-24(35)33-25(36-21)30-22(31-33)15-7-6-14(27)10-18(15)29/h1-10H,11H2/b21-20-. The monoisotopic (exact) mass is 616 g/mol. The molecule has 0 bridgehead atoms. The number of halogens is 4. The zero-order chi connectivity index (χ0) is 25.1. The van der Waals surface area contributed by atoms with Crippen molar-refractivity contribution in [3.8, 4) is 11.4 Å². The molecule has 0 saturated heterocycles. The summed E-state index contributed by atoms with van der Waals surface area (Å²) in [7, 11) is 0. The normalized spacial score (nSPS) is 14.7. The fraction of sp³-hybridized carbons (Fsp3) is 0.0400. The Morgan fingerprint density at radius 1 is 0.917 bits per heavy atom. The first-order valence-electron chi connectivity index (χ1n) is 10.6. The van der Waals surface area contributed by atoms with E-state index in [1.54, 1.807) is 29.2 Å². The first kappa shape index (κ1) is 23.6. The molecule has 0 fully saturated rings. The van der Waals surface area contributed by atoms with Crippen molar-refractivity contribution in [2.75, 3.05) is 4.90 Å². The second-order valence-electron chi connectivity index (χ2n) is 8.01. The van der Waals surface area contributed by atoms with Gasteiger partial charge < -0.3 is 4.90 Å². The van der Waals surface area contributed by atoms with Gasteiger partial charge in [0, 0.05) is 25.6 Å². The third kappa shape index (κ3) is 3.84. The van der Waals surface area contributed by atoms with Crippen molar-refractivity contribution in [3.63, 3.8) is 0 Å². The molecule has 0 N–H and O–H groups in total. The molecule has 0 unspecified atom stereocenters. The van der Waals surface area contributed by atoms with E-state index in [-0.39, 0.29) is 17.0 Å². The van der Waals surface area contributed by atoms with Crippen molar-refractivity contribution in [2.24, 2.45) is 0 Å². The number of hydrogen-bond donors (Lipinski definition) is 0. The first-order valence-corrected chi connectivity index (χ1v) is 13.3. The molecule has 36 heavy (non-hydrogen) atoms. The third-order valence-electron chi connectivity index (χ3n) is 5.82. The fourth-order valence-corrected chi connectivity index (χ4v) is 6.19. The second kappa shape index (κ2) is 8.97. The largest absolute Gasteiger partial charge is 0.303 e. The molecule has 2 aromatic heterocycles. The molecular formula is C25H12BrCl3N4O2S. The molecule has 178 valence electrons.